The monoisotopic (exact) mass is 294 g/mol. The quantitative estimate of drug-likeness (QED) is 0.654. The lowest BCUT2D eigenvalue weighted by atomic mass is 9.93. The second-order valence-corrected chi connectivity index (χ2v) is 5.71. The zero-order chi connectivity index (χ0) is 15.6. The normalized spacial score (nSPS) is 20.8. The molecule has 1 aromatic carbocycles. The summed E-state index contributed by atoms with van der Waals surface area (Å²) in [7, 11) is 0. The molecule has 0 aromatic heterocycles. The standard InChI is InChI=1S/C14H18N2O5/c1-14(2)8-9(6-7-21-14)15-11-5-3-4-10(13(17)18)12(11)16(19)20/h3-5,9,15H,6-8H2,1-2H3,(H,17,18). The maximum Gasteiger partial charge on any atom is 0.342 e. The number of hydrogen-bond acceptors (Lipinski definition) is 5. The molecule has 21 heavy (non-hydrogen) atoms. The van der Waals surface area contributed by atoms with Gasteiger partial charge in [-0.1, -0.05) is 6.07 Å². The molecule has 1 heterocycles. The van der Waals surface area contributed by atoms with E-state index in [0.29, 0.717) is 13.0 Å². The highest BCUT2D eigenvalue weighted by Crippen LogP contribution is 2.32. The van der Waals surface area contributed by atoms with Crippen molar-refractivity contribution in [3.05, 3.63) is 33.9 Å². The van der Waals surface area contributed by atoms with E-state index in [4.69, 9.17) is 9.84 Å². The molecular formula is C14H18N2O5. The molecule has 7 nitrogen and oxygen atoms in total. The molecule has 0 radical (unpaired) electrons. The first kappa shape index (κ1) is 15.2. The first-order chi connectivity index (χ1) is 9.80. The second-order valence-electron chi connectivity index (χ2n) is 5.71. The van der Waals surface area contributed by atoms with Crippen molar-refractivity contribution in [3.8, 4) is 0 Å². The summed E-state index contributed by atoms with van der Waals surface area (Å²) in [6.07, 6.45) is 1.42. The van der Waals surface area contributed by atoms with Gasteiger partial charge in [-0.25, -0.2) is 4.79 Å². The van der Waals surface area contributed by atoms with Crippen LogP contribution in [0.1, 0.15) is 37.0 Å². The van der Waals surface area contributed by atoms with Gasteiger partial charge in [0.1, 0.15) is 11.3 Å². The van der Waals surface area contributed by atoms with Gasteiger partial charge < -0.3 is 15.2 Å². The molecule has 1 aliphatic heterocycles. The highest BCUT2D eigenvalue weighted by atomic mass is 16.6. The minimum absolute atomic E-state index is 0.0106. The van der Waals surface area contributed by atoms with E-state index in [1.54, 1.807) is 0 Å². The summed E-state index contributed by atoms with van der Waals surface area (Å²) < 4.78 is 5.60. The second kappa shape index (κ2) is 5.69. The molecule has 2 rings (SSSR count). The maximum atomic E-state index is 11.2. The molecule has 1 aromatic rings. The summed E-state index contributed by atoms with van der Waals surface area (Å²) in [6, 6.07) is 4.28. The van der Waals surface area contributed by atoms with Crippen molar-refractivity contribution in [1.29, 1.82) is 0 Å². The molecule has 0 saturated carbocycles. The van der Waals surface area contributed by atoms with E-state index in [0.717, 1.165) is 6.42 Å². The molecular weight excluding hydrogens is 276 g/mol. The van der Waals surface area contributed by atoms with Gasteiger partial charge in [0.2, 0.25) is 0 Å². The number of nitro groups is 1. The highest BCUT2D eigenvalue weighted by molar-refractivity contribution is 5.95. The zero-order valence-corrected chi connectivity index (χ0v) is 12.0. The number of para-hydroxylation sites is 1. The molecule has 2 N–H and O–H groups in total. The Bertz CT molecular complexity index is 570. The van der Waals surface area contributed by atoms with Crippen LogP contribution in [0.3, 0.4) is 0 Å². The average molecular weight is 294 g/mol. The number of nitrogens with zero attached hydrogens (tertiary/aromatic N) is 1. The van der Waals surface area contributed by atoms with Crippen molar-refractivity contribution in [2.45, 2.75) is 38.3 Å². The molecule has 7 heteroatoms. The number of carbonyl (C=O) groups is 1. The molecule has 0 bridgehead atoms. The number of hydrogen-bond donors (Lipinski definition) is 2. The van der Waals surface area contributed by atoms with E-state index in [2.05, 4.69) is 5.32 Å². The van der Waals surface area contributed by atoms with Crippen LogP contribution < -0.4 is 5.32 Å². The first-order valence-corrected chi connectivity index (χ1v) is 6.71. The first-order valence-electron chi connectivity index (χ1n) is 6.71. The van der Waals surface area contributed by atoms with Crippen molar-refractivity contribution in [2.75, 3.05) is 11.9 Å². The van der Waals surface area contributed by atoms with Crippen LogP contribution in [-0.4, -0.2) is 34.2 Å². The van der Waals surface area contributed by atoms with Gasteiger partial charge in [0.25, 0.3) is 0 Å². The molecule has 1 fully saturated rings. The molecule has 114 valence electrons. The zero-order valence-electron chi connectivity index (χ0n) is 12.0. The number of aromatic carboxylic acids is 1. The van der Waals surface area contributed by atoms with E-state index in [1.807, 2.05) is 13.8 Å². The Morgan fingerprint density at radius 2 is 2.24 bits per heavy atom. The highest BCUT2D eigenvalue weighted by Gasteiger charge is 2.31. The molecule has 1 aliphatic rings. The van der Waals surface area contributed by atoms with Crippen LogP contribution in [-0.2, 0) is 4.74 Å². The van der Waals surface area contributed by atoms with Crippen molar-refractivity contribution in [1.82, 2.24) is 0 Å². The lowest BCUT2D eigenvalue weighted by molar-refractivity contribution is -0.384. The number of carboxylic acids is 1. The predicted molar refractivity (Wildman–Crippen MR) is 76.7 cm³/mol. The third-order valence-corrected chi connectivity index (χ3v) is 3.51. The maximum absolute atomic E-state index is 11.2. The molecule has 0 aliphatic carbocycles. The predicted octanol–water partition coefficient (Wildman–Crippen LogP) is 2.66. The van der Waals surface area contributed by atoms with Crippen molar-refractivity contribution < 1.29 is 19.6 Å². The minimum atomic E-state index is -1.31. The van der Waals surface area contributed by atoms with Crippen LogP contribution in [0.25, 0.3) is 0 Å². The van der Waals surface area contributed by atoms with Crippen LogP contribution >= 0.6 is 0 Å². The van der Waals surface area contributed by atoms with Gasteiger partial charge in [-0.15, -0.1) is 0 Å². The molecule has 1 atom stereocenters. The molecule has 1 saturated heterocycles. The average Bonchev–Trinajstić information content (AvgIpc) is 2.36. The van der Waals surface area contributed by atoms with Gasteiger partial charge in [-0.05, 0) is 38.8 Å². The van der Waals surface area contributed by atoms with Crippen LogP contribution in [0.5, 0.6) is 0 Å². The Morgan fingerprint density at radius 3 is 2.81 bits per heavy atom. The van der Waals surface area contributed by atoms with Crippen LogP contribution in [0.2, 0.25) is 0 Å². The number of benzene rings is 1. The lowest BCUT2D eigenvalue weighted by Crippen LogP contribution is -2.40. The number of ether oxygens (including phenoxy) is 1. The van der Waals surface area contributed by atoms with Gasteiger partial charge in [-0.3, -0.25) is 10.1 Å². The SMILES string of the molecule is CC1(C)CC(Nc2cccc(C(=O)O)c2[N+](=O)[O-])CCO1. The third-order valence-electron chi connectivity index (χ3n) is 3.51. The Morgan fingerprint density at radius 1 is 1.52 bits per heavy atom. The van der Waals surface area contributed by atoms with E-state index >= 15 is 0 Å². The fourth-order valence-corrected chi connectivity index (χ4v) is 2.60. The summed E-state index contributed by atoms with van der Waals surface area (Å²) >= 11 is 0. The summed E-state index contributed by atoms with van der Waals surface area (Å²) in [5.41, 5.74) is -0.761. The van der Waals surface area contributed by atoms with E-state index in [1.165, 1.54) is 18.2 Å². The minimum Gasteiger partial charge on any atom is -0.477 e. The largest absolute Gasteiger partial charge is 0.477 e. The summed E-state index contributed by atoms with van der Waals surface area (Å²) in [6.45, 7) is 4.49. The van der Waals surface area contributed by atoms with Gasteiger partial charge in [0.15, 0.2) is 0 Å². The molecule has 0 amide bonds. The van der Waals surface area contributed by atoms with Crippen molar-refractivity contribution in [2.24, 2.45) is 0 Å². The smallest absolute Gasteiger partial charge is 0.342 e. The van der Waals surface area contributed by atoms with Gasteiger partial charge in [0.05, 0.1) is 10.5 Å². The summed E-state index contributed by atoms with van der Waals surface area (Å²) in [4.78, 5) is 21.7. The number of carboxylic acid groups (broad SMARTS) is 1. The Labute approximate surface area is 122 Å². The van der Waals surface area contributed by atoms with Crippen molar-refractivity contribution >= 4 is 17.3 Å². The fraction of sp³-hybridized carbons (Fsp3) is 0.500. The van der Waals surface area contributed by atoms with E-state index in [-0.39, 0.29) is 22.9 Å². The molecule has 1 unspecified atom stereocenters. The van der Waals surface area contributed by atoms with Gasteiger partial charge in [0, 0.05) is 12.6 Å². The fourth-order valence-electron chi connectivity index (χ4n) is 2.60. The Hall–Kier alpha value is -2.15. The Balaban J connectivity index is 2.29. The summed E-state index contributed by atoms with van der Waals surface area (Å²) in [5, 5.41) is 23.4. The Kier molecular flexibility index (Phi) is 4.13. The number of nitrogens with one attached hydrogen (secondary N) is 1. The van der Waals surface area contributed by atoms with Gasteiger partial charge >= 0.3 is 11.7 Å². The van der Waals surface area contributed by atoms with Crippen LogP contribution in [0, 0.1) is 10.1 Å². The molecule has 0 spiro atoms. The lowest BCUT2D eigenvalue weighted by Gasteiger charge is -2.36. The summed E-state index contributed by atoms with van der Waals surface area (Å²) in [5.74, 6) is -1.31. The topological polar surface area (TPSA) is 102 Å². The van der Waals surface area contributed by atoms with Crippen molar-refractivity contribution in [3.63, 3.8) is 0 Å². The number of rotatable bonds is 4. The van der Waals surface area contributed by atoms with Crippen LogP contribution in [0.4, 0.5) is 11.4 Å². The number of anilines is 1. The van der Waals surface area contributed by atoms with Gasteiger partial charge in [-0.2, -0.15) is 0 Å². The van der Waals surface area contributed by atoms with E-state index < -0.39 is 16.6 Å². The van der Waals surface area contributed by atoms with E-state index in [9.17, 15) is 14.9 Å². The number of nitro benzene ring substituents is 1. The van der Waals surface area contributed by atoms with Crippen LogP contribution in [0.15, 0.2) is 18.2 Å². The third kappa shape index (κ3) is 3.49.